The first kappa shape index (κ1) is 21.3. The molecule has 0 aromatic heterocycles. The van der Waals surface area contributed by atoms with Crippen molar-refractivity contribution in [1.82, 2.24) is 10.2 Å². The van der Waals surface area contributed by atoms with Crippen molar-refractivity contribution >= 4 is 5.91 Å². The Hall–Kier alpha value is -0.730. The zero-order chi connectivity index (χ0) is 17.9. The molecular formula is C17H34N2O5. The van der Waals surface area contributed by atoms with Gasteiger partial charge in [0, 0.05) is 39.9 Å². The van der Waals surface area contributed by atoms with Crippen LogP contribution >= 0.6 is 0 Å². The van der Waals surface area contributed by atoms with Gasteiger partial charge >= 0.3 is 0 Å². The topological polar surface area (TPSA) is 80.3 Å². The van der Waals surface area contributed by atoms with Crippen LogP contribution in [0.2, 0.25) is 0 Å². The van der Waals surface area contributed by atoms with Crippen LogP contribution in [0.1, 0.15) is 33.1 Å². The Labute approximate surface area is 145 Å². The van der Waals surface area contributed by atoms with Gasteiger partial charge in [-0.2, -0.15) is 0 Å². The number of hydrogen-bond acceptors (Lipinski definition) is 6. The third-order valence-electron chi connectivity index (χ3n) is 4.15. The summed E-state index contributed by atoms with van der Waals surface area (Å²) in [6, 6.07) is 0.0345. The van der Waals surface area contributed by atoms with Gasteiger partial charge in [-0.1, -0.05) is 0 Å². The van der Waals surface area contributed by atoms with Crippen molar-refractivity contribution in [3.05, 3.63) is 0 Å². The van der Waals surface area contributed by atoms with E-state index in [-0.39, 0.29) is 18.1 Å². The maximum atomic E-state index is 12.1. The largest absolute Gasteiger partial charge is 0.390 e. The molecule has 1 fully saturated rings. The SMILES string of the molecule is COCCN(CCOC)CC[C@@H]1CC[C@H](O)[C@@H](C(=O)NC(C)C)O1. The number of methoxy groups -OCH3 is 2. The molecule has 0 spiro atoms. The van der Waals surface area contributed by atoms with Gasteiger partial charge in [-0.15, -0.1) is 0 Å². The molecule has 7 heteroatoms. The summed E-state index contributed by atoms with van der Waals surface area (Å²) in [5.41, 5.74) is 0. The molecule has 0 unspecified atom stereocenters. The van der Waals surface area contributed by atoms with Crippen LogP contribution in [-0.4, -0.2) is 87.3 Å². The Kier molecular flexibility index (Phi) is 10.4. The minimum absolute atomic E-state index is 0.0103. The number of rotatable bonds is 11. The second-order valence-electron chi connectivity index (χ2n) is 6.60. The van der Waals surface area contributed by atoms with E-state index in [1.54, 1.807) is 14.2 Å². The molecule has 1 aliphatic heterocycles. The van der Waals surface area contributed by atoms with Crippen molar-refractivity contribution in [2.45, 2.75) is 57.5 Å². The van der Waals surface area contributed by atoms with Crippen LogP contribution in [0, 0.1) is 0 Å². The second-order valence-corrected chi connectivity index (χ2v) is 6.60. The number of hydrogen-bond donors (Lipinski definition) is 2. The monoisotopic (exact) mass is 346 g/mol. The summed E-state index contributed by atoms with van der Waals surface area (Å²) in [5.74, 6) is -0.224. The highest BCUT2D eigenvalue weighted by molar-refractivity contribution is 5.81. The quantitative estimate of drug-likeness (QED) is 0.564. The summed E-state index contributed by atoms with van der Waals surface area (Å²) in [5, 5.41) is 12.9. The van der Waals surface area contributed by atoms with Crippen LogP contribution in [0.3, 0.4) is 0 Å². The molecule has 3 atom stereocenters. The van der Waals surface area contributed by atoms with E-state index in [9.17, 15) is 9.90 Å². The standard InChI is InChI=1S/C17H34N2O5/c1-13(2)18-17(21)16-15(20)6-5-14(24-16)7-8-19(9-11-22-3)10-12-23-4/h13-16,20H,5-12H2,1-4H3,(H,18,21)/t14-,15-,16-/m0/s1. The molecule has 0 saturated carbocycles. The van der Waals surface area contributed by atoms with E-state index in [2.05, 4.69) is 10.2 Å². The van der Waals surface area contributed by atoms with Crippen molar-refractivity contribution in [1.29, 1.82) is 0 Å². The molecule has 1 rings (SSSR count). The van der Waals surface area contributed by atoms with Crippen LogP contribution in [0.4, 0.5) is 0 Å². The van der Waals surface area contributed by atoms with Crippen LogP contribution in [0.15, 0.2) is 0 Å². The first-order valence-electron chi connectivity index (χ1n) is 8.82. The third kappa shape index (κ3) is 7.90. The number of nitrogens with one attached hydrogen (secondary N) is 1. The molecule has 24 heavy (non-hydrogen) atoms. The van der Waals surface area contributed by atoms with Crippen molar-refractivity contribution in [2.75, 3.05) is 47.1 Å². The molecular weight excluding hydrogens is 312 g/mol. The fraction of sp³-hybridized carbons (Fsp3) is 0.941. The van der Waals surface area contributed by atoms with E-state index < -0.39 is 12.2 Å². The number of amides is 1. The van der Waals surface area contributed by atoms with E-state index in [0.29, 0.717) is 19.6 Å². The Morgan fingerprint density at radius 3 is 2.38 bits per heavy atom. The Bertz CT molecular complexity index is 346. The normalized spacial score (nSPS) is 24.5. The first-order chi connectivity index (χ1) is 11.5. The molecule has 7 nitrogen and oxygen atoms in total. The van der Waals surface area contributed by atoms with Gasteiger partial charge in [0.2, 0.25) is 0 Å². The van der Waals surface area contributed by atoms with Gasteiger partial charge in [-0.05, 0) is 33.1 Å². The van der Waals surface area contributed by atoms with Gasteiger partial charge in [0.25, 0.3) is 5.91 Å². The van der Waals surface area contributed by atoms with Gasteiger partial charge < -0.3 is 24.6 Å². The fourth-order valence-electron chi connectivity index (χ4n) is 2.79. The molecule has 0 bridgehead atoms. The van der Waals surface area contributed by atoms with Gasteiger partial charge in [0.15, 0.2) is 6.10 Å². The highest BCUT2D eigenvalue weighted by atomic mass is 16.5. The molecule has 0 aromatic carbocycles. The summed E-state index contributed by atoms with van der Waals surface area (Å²) in [4.78, 5) is 14.4. The average Bonchev–Trinajstić information content (AvgIpc) is 2.54. The van der Waals surface area contributed by atoms with Crippen molar-refractivity contribution in [2.24, 2.45) is 0 Å². The van der Waals surface area contributed by atoms with E-state index in [0.717, 1.165) is 32.5 Å². The molecule has 0 aliphatic carbocycles. The molecule has 1 amide bonds. The van der Waals surface area contributed by atoms with Crippen molar-refractivity contribution in [3.63, 3.8) is 0 Å². The number of carbonyl (C=O) groups is 1. The van der Waals surface area contributed by atoms with Crippen molar-refractivity contribution in [3.8, 4) is 0 Å². The Morgan fingerprint density at radius 2 is 1.83 bits per heavy atom. The van der Waals surface area contributed by atoms with Gasteiger partial charge in [0.05, 0.1) is 25.4 Å². The maximum Gasteiger partial charge on any atom is 0.252 e. The number of aliphatic hydroxyl groups is 1. The summed E-state index contributed by atoms with van der Waals surface area (Å²) in [6.45, 7) is 7.67. The predicted molar refractivity (Wildman–Crippen MR) is 92.0 cm³/mol. The number of carbonyl (C=O) groups excluding carboxylic acids is 1. The second kappa shape index (κ2) is 11.8. The van der Waals surface area contributed by atoms with Gasteiger partial charge in [-0.3, -0.25) is 9.69 Å². The minimum Gasteiger partial charge on any atom is -0.390 e. The van der Waals surface area contributed by atoms with Crippen LogP contribution in [-0.2, 0) is 19.0 Å². The van der Waals surface area contributed by atoms with Crippen molar-refractivity contribution < 1.29 is 24.1 Å². The maximum absolute atomic E-state index is 12.1. The Morgan fingerprint density at radius 1 is 1.21 bits per heavy atom. The summed E-state index contributed by atoms with van der Waals surface area (Å²) >= 11 is 0. The molecule has 1 heterocycles. The molecule has 2 N–H and O–H groups in total. The average molecular weight is 346 g/mol. The molecule has 142 valence electrons. The summed E-state index contributed by atoms with van der Waals surface area (Å²) in [7, 11) is 3.39. The molecule has 0 aromatic rings. The zero-order valence-electron chi connectivity index (χ0n) is 15.5. The predicted octanol–water partition coefficient (Wildman–Crippen LogP) is 0.404. The van der Waals surface area contributed by atoms with E-state index >= 15 is 0 Å². The van der Waals surface area contributed by atoms with Crippen LogP contribution in [0.5, 0.6) is 0 Å². The number of aliphatic hydroxyl groups excluding tert-OH is 1. The zero-order valence-corrected chi connectivity index (χ0v) is 15.5. The lowest BCUT2D eigenvalue weighted by Gasteiger charge is -2.34. The lowest BCUT2D eigenvalue weighted by Crippen LogP contribution is -2.50. The molecule has 1 saturated heterocycles. The summed E-state index contributed by atoms with van der Waals surface area (Å²) in [6.07, 6.45) is 0.692. The molecule has 1 aliphatic rings. The minimum atomic E-state index is -0.766. The molecule has 0 radical (unpaired) electrons. The number of ether oxygens (including phenoxy) is 3. The first-order valence-corrected chi connectivity index (χ1v) is 8.82. The fourth-order valence-corrected chi connectivity index (χ4v) is 2.79. The summed E-state index contributed by atoms with van der Waals surface area (Å²) < 4.78 is 16.2. The highest BCUT2D eigenvalue weighted by Crippen LogP contribution is 2.22. The van der Waals surface area contributed by atoms with Crippen LogP contribution in [0.25, 0.3) is 0 Å². The lowest BCUT2D eigenvalue weighted by atomic mass is 9.98. The highest BCUT2D eigenvalue weighted by Gasteiger charge is 2.35. The van der Waals surface area contributed by atoms with E-state index in [1.807, 2.05) is 13.8 Å². The van der Waals surface area contributed by atoms with Crippen LogP contribution < -0.4 is 5.32 Å². The Balaban J connectivity index is 2.46. The lowest BCUT2D eigenvalue weighted by molar-refractivity contribution is -0.159. The third-order valence-corrected chi connectivity index (χ3v) is 4.15. The van der Waals surface area contributed by atoms with E-state index in [1.165, 1.54) is 0 Å². The number of nitrogens with zero attached hydrogens (tertiary/aromatic N) is 1. The van der Waals surface area contributed by atoms with Gasteiger partial charge in [0.1, 0.15) is 0 Å². The van der Waals surface area contributed by atoms with Gasteiger partial charge in [-0.25, -0.2) is 0 Å². The van der Waals surface area contributed by atoms with E-state index in [4.69, 9.17) is 14.2 Å². The smallest absolute Gasteiger partial charge is 0.252 e.